The van der Waals surface area contributed by atoms with Gasteiger partial charge in [0.2, 0.25) is 0 Å². The minimum Gasteiger partial charge on any atom is -0.434 e. The molecule has 0 aliphatic heterocycles. The van der Waals surface area contributed by atoms with Crippen LogP contribution in [0.2, 0.25) is 0 Å². The van der Waals surface area contributed by atoms with Crippen molar-refractivity contribution in [1.29, 1.82) is 0 Å². The third-order valence-corrected chi connectivity index (χ3v) is 4.25. The summed E-state index contributed by atoms with van der Waals surface area (Å²) in [6, 6.07) is 13.1. The molecule has 1 N–H and O–H groups in total. The van der Waals surface area contributed by atoms with Crippen LogP contribution in [-0.2, 0) is 6.54 Å². The van der Waals surface area contributed by atoms with Crippen molar-refractivity contribution in [3.8, 4) is 5.75 Å². The number of hydrogen-bond donors (Lipinski definition) is 1. The Morgan fingerprint density at radius 3 is 2.57 bits per heavy atom. The van der Waals surface area contributed by atoms with Gasteiger partial charge in [-0.25, -0.2) is 9.67 Å². The van der Waals surface area contributed by atoms with Crippen LogP contribution in [0.25, 0.3) is 0 Å². The topological polar surface area (TPSA) is 69.0 Å². The van der Waals surface area contributed by atoms with Crippen LogP contribution in [0.3, 0.4) is 0 Å². The quantitative estimate of drug-likeness (QED) is 0.639. The molecule has 0 aliphatic rings. The van der Waals surface area contributed by atoms with Crippen molar-refractivity contribution in [3.05, 3.63) is 77.9 Å². The van der Waals surface area contributed by atoms with Crippen molar-refractivity contribution in [2.24, 2.45) is 0 Å². The molecule has 1 unspecified atom stereocenters. The first-order valence-corrected chi connectivity index (χ1v) is 8.82. The molecule has 28 heavy (non-hydrogen) atoms. The molecule has 0 radical (unpaired) electrons. The first-order chi connectivity index (χ1) is 13.6. The van der Waals surface area contributed by atoms with Crippen molar-refractivity contribution in [1.82, 2.24) is 20.1 Å². The summed E-state index contributed by atoms with van der Waals surface area (Å²) < 4.78 is 31.6. The predicted octanol–water partition coefficient (Wildman–Crippen LogP) is 3.81. The first kappa shape index (κ1) is 19.5. The minimum atomic E-state index is -2.92. The van der Waals surface area contributed by atoms with Gasteiger partial charge in [0.1, 0.15) is 18.4 Å². The van der Waals surface area contributed by atoms with E-state index in [1.54, 1.807) is 41.3 Å². The standard InChI is InChI=1S/C20H20F2N4O2/c1-2-17(16-5-3-4-6-18(16)28-20(21)22)25-19(27)15-9-7-14(8-10-15)11-26-13-23-12-24-26/h3-10,12-13,17,20H,2,11H2,1H3,(H,25,27). The first-order valence-electron chi connectivity index (χ1n) is 8.82. The summed E-state index contributed by atoms with van der Waals surface area (Å²) in [7, 11) is 0. The second-order valence-corrected chi connectivity index (χ2v) is 6.14. The maximum absolute atomic E-state index is 12.6. The Hall–Kier alpha value is -3.29. The molecule has 3 aromatic rings. The largest absolute Gasteiger partial charge is 0.434 e. The normalized spacial score (nSPS) is 12.0. The Labute approximate surface area is 161 Å². The highest BCUT2D eigenvalue weighted by Crippen LogP contribution is 2.28. The van der Waals surface area contributed by atoms with E-state index in [-0.39, 0.29) is 11.7 Å². The maximum atomic E-state index is 12.6. The smallest absolute Gasteiger partial charge is 0.387 e. The number of benzene rings is 2. The molecular weight excluding hydrogens is 366 g/mol. The van der Waals surface area contributed by atoms with Crippen LogP contribution in [-0.4, -0.2) is 27.3 Å². The second-order valence-electron chi connectivity index (χ2n) is 6.14. The van der Waals surface area contributed by atoms with E-state index in [9.17, 15) is 13.6 Å². The Kier molecular flexibility index (Phi) is 6.31. The van der Waals surface area contributed by atoms with Gasteiger partial charge in [-0.05, 0) is 30.2 Å². The summed E-state index contributed by atoms with van der Waals surface area (Å²) in [5.41, 5.74) is 1.97. The van der Waals surface area contributed by atoms with Gasteiger partial charge in [-0.1, -0.05) is 37.3 Å². The number of aromatic nitrogens is 3. The average molecular weight is 386 g/mol. The number of amides is 1. The van der Waals surface area contributed by atoms with Crippen LogP contribution < -0.4 is 10.1 Å². The molecule has 1 amide bonds. The zero-order chi connectivity index (χ0) is 19.9. The summed E-state index contributed by atoms with van der Waals surface area (Å²) >= 11 is 0. The molecule has 2 aromatic carbocycles. The van der Waals surface area contributed by atoms with E-state index in [0.717, 1.165) is 5.56 Å². The highest BCUT2D eigenvalue weighted by molar-refractivity contribution is 5.94. The molecule has 0 saturated carbocycles. The van der Waals surface area contributed by atoms with E-state index >= 15 is 0 Å². The number of rotatable bonds is 8. The summed E-state index contributed by atoms with van der Waals surface area (Å²) in [5.74, 6) is -0.223. The maximum Gasteiger partial charge on any atom is 0.387 e. The predicted molar refractivity (Wildman–Crippen MR) is 99.1 cm³/mol. The van der Waals surface area contributed by atoms with Crippen LogP contribution >= 0.6 is 0 Å². The van der Waals surface area contributed by atoms with Crippen LogP contribution in [0.5, 0.6) is 5.75 Å². The molecule has 0 saturated heterocycles. The zero-order valence-corrected chi connectivity index (χ0v) is 15.3. The molecule has 146 valence electrons. The number of nitrogens with zero attached hydrogens (tertiary/aromatic N) is 3. The fourth-order valence-corrected chi connectivity index (χ4v) is 2.88. The molecule has 0 spiro atoms. The Morgan fingerprint density at radius 1 is 1.18 bits per heavy atom. The van der Waals surface area contributed by atoms with E-state index in [1.807, 2.05) is 19.1 Å². The van der Waals surface area contributed by atoms with E-state index in [1.165, 1.54) is 12.4 Å². The van der Waals surface area contributed by atoms with Crippen molar-refractivity contribution >= 4 is 5.91 Å². The number of para-hydroxylation sites is 1. The van der Waals surface area contributed by atoms with Gasteiger partial charge in [0.05, 0.1) is 12.6 Å². The highest BCUT2D eigenvalue weighted by atomic mass is 19.3. The molecule has 0 fully saturated rings. The number of carbonyl (C=O) groups is 1. The molecule has 0 bridgehead atoms. The lowest BCUT2D eigenvalue weighted by atomic mass is 10.0. The van der Waals surface area contributed by atoms with Crippen molar-refractivity contribution in [2.45, 2.75) is 32.5 Å². The summed E-state index contributed by atoms with van der Waals surface area (Å²) in [6.45, 7) is -0.504. The summed E-state index contributed by atoms with van der Waals surface area (Å²) in [4.78, 5) is 16.5. The number of nitrogens with one attached hydrogen (secondary N) is 1. The number of alkyl halides is 2. The van der Waals surface area contributed by atoms with E-state index in [0.29, 0.717) is 24.1 Å². The van der Waals surface area contributed by atoms with Gasteiger partial charge in [-0.3, -0.25) is 4.79 Å². The van der Waals surface area contributed by atoms with Crippen LogP contribution in [0.15, 0.2) is 61.2 Å². The van der Waals surface area contributed by atoms with Crippen molar-refractivity contribution < 1.29 is 18.3 Å². The fourth-order valence-electron chi connectivity index (χ4n) is 2.88. The van der Waals surface area contributed by atoms with Gasteiger partial charge < -0.3 is 10.1 Å². The van der Waals surface area contributed by atoms with E-state index < -0.39 is 12.7 Å². The van der Waals surface area contributed by atoms with Crippen LogP contribution in [0.1, 0.15) is 40.9 Å². The second kappa shape index (κ2) is 9.07. The van der Waals surface area contributed by atoms with Crippen LogP contribution in [0.4, 0.5) is 8.78 Å². The number of halogens is 2. The molecule has 1 aromatic heterocycles. The van der Waals surface area contributed by atoms with Gasteiger partial charge in [0.25, 0.3) is 5.91 Å². The number of hydrogen-bond acceptors (Lipinski definition) is 4. The lowest BCUT2D eigenvalue weighted by molar-refractivity contribution is -0.0506. The lowest BCUT2D eigenvalue weighted by Crippen LogP contribution is -2.28. The van der Waals surface area contributed by atoms with Gasteiger partial charge in [0, 0.05) is 11.1 Å². The van der Waals surface area contributed by atoms with Gasteiger partial charge >= 0.3 is 6.61 Å². The minimum absolute atomic E-state index is 0.0628. The third kappa shape index (κ3) is 4.91. The molecule has 1 atom stereocenters. The van der Waals surface area contributed by atoms with Crippen molar-refractivity contribution in [3.63, 3.8) is 0 Å². The molecule has 0 aliphatic carbocycles. The fraction of sp³-hybridized carbons (Fsp3) is 0.250. The summed E-state index contributed by atoms with van der Waals surface area (Å²) in [6.07, 6.45) is 3.60. The molecular formula is C20H20F2N4O2. The molecule has 8 heteroatoms. The zero-order valence-electron chi connectivity index (χ0n) is 15.3. The van der Waals surface area contributed by atoms with E-state index in [2.05, 4.69) is 20.1 Å². The SMILES string of the molecule is CCC(NC(=O)c1ccc(Cn2cncn2)cc1)c1ccccc1OC(F)F. The Bertz CT molecular complexity index is 899. The van der Waals surface area contributed by atoms with Gasteiger partial charge in [-0.2, -0.15) is 13.9 Å². The number of ether oxygens (including phenoxy) is 1. The molecule has 1 heterocycles. The van der Waals surface area contributed by atoms with Gasteiger partial charge in [-0.15, -0.1) is 0 Å². The Balaban J connectivity index is 1.70. The van der Waals surface area contributed by atoms with Crippen molar-refractivity contribution in [2.75, 3.05) is 0 Å². The highest BCUT2D eigenvalue weighted by Gasteiger charge is 2.19. The lowest BCUT2D eigenvalue weighted by Gasteiger charge is -2.20. The monoisotopic (exact) mass is 386 g/mol. The summed E-state index contributed by atoms with van der Waals surface area (Å²) in [5, 5.41) is 6.93. The number of carbonyl (C=O) groups excluding carboxylic acids is 1. The third-order valence-electron chi connectivity index (χ3n) is 4.25. The molecule has 6 nitrogen and oxygen atoms in total. The van der Waals surface area contributed by atoms with Crippen LogP contribution in [0, 0.1) is 0 Å². The molecule has 3 rings (SSSR count). The van der Waals surface area contributed by atoms with E-state index in [4.69, 9.17) is 0 Å². The Morgan fingerprint density at radius 2 is 1.93 bits per heavy atom. The average Bonchev–Trinajstić information content (AvgIpc) is 3.20. The van der Waals surface area contributed by atoms with Gasteiger partial charge in [0.15, 0.2) is 0 Å².